The van der Waals surface area contributed by atoms with Crippen molar-refractivity contribution in [1.82, 2.24) is 4.98 Å². The minimum Gasteiger partial charge on any atom is -0.273 e. The number of carbonyl (C=O) groups excluding carboxylic acids is 1. The van der Waals surface area contributed by atoms with Crippen LogP contribution in [0.1, 0.15) is 12.8 Å². The maximum absolute atomic E-state index is 10.0. The first-order chi connectivity index (χ1) is 5.89. The van der Waals surface area contributed by atoms with Gasteiger partial charge in [-0.3, -0.25) is 9.78 Å². The van der Waals surface area contributed by atoms with Gasteiger partial charge >= 0.3 is 0 Å². The summed E-state index contributed by atoms with van der Waals surface area (Å²) in [6.45, 7) is 0. The maximum Gasteiger partial charge on any atom is 0.245 e. The SMILES string of the molecule is O=C1CCC=N1.c1ccncc1. The molecule has 1 aromatic rings. The van der Waals surface area contributed by atoms with Crippen LogP contribution in [0.25, 0.3) is 0 Å². The first-order valence-corrected chi connectivity index (χ1v) is 3.80. The zero-order valence-electron chi connectivity index (χ0n) is 6.68. The van der Waals surface area contributed by atoms with Crippen molar-refractivity contribution in [3.63, 3.8) is 0 Å². The summed E-state index contributed by atoms with van der Waals surface area (Å²) < 4.78 is 0. The van der Waals surface area contributed by atoms with Gasteiger partial charge in [-0.2, -0.15) is 0 Å². The fraction of sp³-hybridized carbons (Fsp3) is 0.222. The van der Waals surface area contributed by atoms with Crippen LogP contribution in [0.3, 0.4) is 0 Å². The van der Waals surface area contributed by atoms with E-state index in [1.165, 1.54) is 0 Å². The van der Waals surface area contributed by atoms with Gasteiger partial charge < -0.3 is 0 Å². The second-order valence-corrected chi connectivity index (χ2v) is 2.27. The lowest BCUT2D eigenvalue weighted by Gasteiger charge is -1.70. The lowest BCUT2D eigenvalue weighted by atomic mass is 10.4. The molecule has 0 unspecified atom stereocenters. The normalized spacial score (nSPS) is 13.8. The molecule has 0 fully saturated rings. The highest BCUT2D eigenvalue weighted by molar-refractivity contribution is 5.91. The molecule has 2 rings (SSSR count). The van der Waals surface area contributed by atoms with E-state index in [2.05, 4.69) is 9.98 Å². The molecule has 3 nitrogen and oxygen atoms in total. The first-order valence-electron chi connectivity index (χ1n) is 3.80. The summed E-state index contributed by atoms with van der Waals surface area (Å²) in [6, 6.07) is 5.72. The van der Waals surface area contributed by atoms with E-state index in [4.69, 9.17) is 0 Å². The molecular formula is C9H10N2O. The summed E-state index contributed by atoms with van der Waals surface area (Å²) in [7, 11) is 0. The Kier molecular flexibility index (Phi) is 3.71. The van der Waals surface area contributed by atoms with E-state index in [1.807, 2.05) is 18.2 Å². The Morgan fingerprint density at radius 3 is 2.08 bits per heavy atom. The zero-order chi connectivity index (χ0) is 8.65. The Balaban J connectivity index is 0.000000120. The Labute approximate surface area is 71.2 Å². The monoisotopic (exact) mass is 162 g/mol. The number of hydrogen-bond donors (Lipinski definition) is 0. The van der Waals surface area contributed by atoms with Gasteiger partial charge in [-0.25, -0.2) is 4.99 Å². The maximum atomic E-state index is 10.0. The molecule has 12 heavy (non-hydrogen) atoms. The van der Waals surface area contributed by atoms with Crippen LogP contribution in [-0.2, 0) is 4.79 Å². The molecule has 0 saturated heterocycles. The van der Waals surface area contributed by atoms with Gasteiger partial charge in [-0.05, 0) is 18.6 Å². The molecule has 3 heteroatoms. The van der Waals surface area contributed by atoms with E-state index >= 15 is 0 Å². The van der Waals surface area contributed by atoms with Crippen molar-refractivity contribution in [2.24, 2.45) is 4.99 Å². The average Bonchev–Trinajstić information content (AvgIpc) is 2.60. The van der Waals surface area contributed by atoms with Crippen LogP contribution in [0, 0.1) is 0 Å². The summed E-state index contributed by atoms with van der Waals surface area (Å²) in [5.74, 6) is 0.0231. The average molecular weight is 162 g/mol. The van der Waals surface area contributed by atoms with Crippen molar-refractivity contribution in [3.8, 4) is 0 Å². The molecule has 1 aliphatic heterocycles. The highest BCUT2D eigenvalue weighted by atomic mass is 16.1. The van der Waals surface area contributed by atoms with Gasteiger partial charge in [0.1, 0.15) is 0 Å². The van der Waals surface area contributed by atoms with E-state index in [1.54, 1.807) is 18.6 Å². The van der Waals surface area contributed by atoms with Crippen molar-refractivity contribution >= 4 is 12.1 Å². The van der Waals surface area contributed by atoms with Gasteiger partial charge in [0, 0.05) is 25.0 Å². The van der Waals surface area contributed by atoms with Crippen molar-refractivity contribution in [2.45, 2.75) is 12.8 Å². The second kappa shape index (κ2) is 5.18. The fourth-order valence-electron chi connectivity index (χ4n) is 0.732. The van der Waals surface area contributed by atoms with Crippen LogP contribution in [0.4, 0.5) is 0 Å². The molecular weight excluding hydrogens is 152 g/mol. The van der Waals surface area contributed by atoms with Gasteiger partial charge in [0.05, 0.1) is 0 Å². The predicted octanol–water partition coefficient (Wildman–Crippen LogP) is 1.46. The third kappa shape index (κ3) is 3.61. The van der Waals surface area contributed by atoms with Crippen LogP contribution in [0.15, 0.2) is 35.6 Å². The zero-order valence-corrected chi connectivity index (χ0v) is 6.68. The topological polar surface area (TPSA) is 42.3 Å². The van der Waals surface area contributed by atoms with Crippen molar-refractivity contribution in [1.29, 1.82) is 0 Å². The van der Waals surface area contributed by atoms with Crippen LogP contribution >= 0.6 is 0 Å². The smallest absolute Gasteiger partial charge is 0.245 e. The quantitative estimate of drug-likeness (QED) is 0.579. The molecule has 0 saturated carbocycles. The number of nitrogens with zero attached hydrogens (tertiary/aromatic N) is 2. The van der Waals surface area contributed by atoms with Crippen LogP contribution in [0.2, 0.25) is 0 Å². The highest BCUT2D eigenvalue weighted by Gasteiger charge is 2.00. The molecule has 0 spiro atoms. The second-order valence-electron chi connectivity index (χ2n) is 2.27. The van der Waals surface area contributed by atoms with E-state index in [0.29, 0.717) is 6.42 Å². The van der Waals surface area contributed by atoms with Gasteiger partial charge in [-0.1, -0.05) is 6.07 Å². The van der Waals surface area contributed by atoms with E-state index in [-0.39, 0.29) is 5.91 Å². The third-order valence-corrected chi connectivity index (χ3v) is 1.29. The lowest BCUT2D eigenvalue weighted by molar-refractivity contribution is -0.117. The molecule has 1 amide bonds. The molecule has 2 heterocycles. The Bertz CT molecular complexity index is 230. The number of aromatic nitrogens is 1. The molecule has 62 valence electrons. The van der Waals surface area contributed by atoms with E-state index in [0.717, 1.165) is 6.42 Å². The van der Waals surface area contributed by atoms with Gasteiger partial charge in [0.25, 0.3) is 0 Å². The van der Waals surface area contributed by atoms with Crippen molar-refractivity contribution in [2.75, 3.05) is 0 Å². The summed E-state index contributed by atoms with van der Waals surface area (Å²) in [4.78, 5) is 17.3. The van der Waals surface area contributed by atoms with Gasteiger partial charge in [0.2, 0.25) is 5.91 Å². The minimum atomic E-state index is 0.0231. The van der Waals surface area contributed by atoms with Crippen molar-refractivity contribution in [3.05, 3.63) is 30.6 Å². The number of carbonyl (C=O) groups is 1. The molecule has 1 aliphatic rings. The Hall–Kier alpha value is -1.51. The number of amides is 1. The van der Waals surface area contributed by atoms with E-state index in [9.17, 15) is 4.79 Å². The van der Waals surface area contributed by atoms with Gasteiger partial charge in [0.15, 0.2) is 0 Å². The van der Waals surface area contributed by atoms with E-state index < -0.39 is 0 Å². The minimum absolute atomic E-state index is 0.0231. The molecule has 0 bridgehead atoms. The Morgan fingerprint density at radius 2 is 1.92 bits per heavy atom. The number of pyridine rings is 1. The van der Waals surface area contributed by atoms with Crippen LogP contribution < -0.4 is 0 Å². The Morgan fingerprint density at radius 1 is 1.17 bits per heavy atom. The predicted molar refractivity (Wildman–Crippen MR) is 47.0 cm³/mol. The highest BCUT2D eigenvalue weighted by Crippen LogP contribution is 1.95. The standard InChI is InChI=1S/C5H5N.C4H5NO/c1-2-4-6-5-3-1;6-4-2-1-3-5-4/h1-5H;3H,1-2H2. The molecule has 0 atom stereocenters. The summed E-state index contributed by atoms with van der Waals surface area (Å²) in [6.07, 6.45) is 6.63. The largest absolute Gasteiger partial charge is 0.273 e. The third-order valence-electron chi connectivity index (χ3n) is 1.29. The summed E-state index contributed by atoms with van der Waals surface area (Å²) in [5, 5.41) is 0. The molecule has 0 aromatic carbocycles. The number of aliphatic imine (C=N–C) groups is 1. The van der Waals surface area contributed by atoms with Crippen LogP contribution in [0.5, 0.6) is 0 Å². The van der Waals surface area contributed by atoms with Gasteiger partial charge in [-0.15, -0.1) is 0 Å². The van der Waals surface area contributed by atoms with Crippen molar-refractivity contribution < 1.29 is 4.79 Å². The van der Waals surface area contributed by atoms with Crippen LogP contribution in [-0.4, -0.2) is 17.1 Å². The lowest BCUT2D eigenvalue weighted by Crippen LogP contribution is -1.79. The summed E-state index contributed by atoms with van der Waals surface area (Å²) in [5.41, 5.74) is 0. The molecule has 0 N–H and O–H groups in total. The molecule has 1 aromatic heterocycles. The molecule has 0 radical (unpaired) electrons. The number of rotatable bonds is 0. The fourth-order valence-corrected chi connectivity index (χ4v) is 0.732. The molecule has 0 aliphatic carbocycles. The summed E-state index contributed by atoms with van der Waals surface area (Å²) >= 11 is 0. The first kappa shape index (κ1) is 8.59. The number of hydrogen-bond acceptors (Lipinski definition) is 2.